The third-order valence-electron chi connectivity index (χ3n) is 4.37. The second-order valence-corrected chi connectivity index (χ2v) is 6.99. The number of fused-ring (bicyclic) bond motifs is 1. The summed E-state index contributed by atoms with van der Waals surface area (Å²) in [5.74, 6) is -0.272. The zero-order valence-corrected chi connectivity index (χ0v) is 14.9. The number of nitrogens with zero attached hydrogens (tertiary/aromatic N) is 3. The molecule has 1 atom stereocenters. The van der Waals surface area contributed by atoms with E-state index in [1.807, 2.05) is 28.8 Å². The molecule has 126 valence electrons. The Labute approximate surface area is 153 Å². The zero-order valence-electron chi connectivity index (χ0n) is 13.3. The van der Waals surface area contributed by atoms with E-state index in [0.717, 1.165) is 21.3 Å². The van der Waals surface area contributed by atoms with Crippen LogP contribution in [0, 0.1) is 5.82 Å². The summed E-state index contributed by atoms with van der Waals surface area (Å²) in [4.78, 5) is 19.2. The number of carbonyl (C=O) groups is 1. The van der Waals surface area contributed by atoms with Gasteiger partial charge in [-0.1, -0.05) is 40.2 Å². The molecule has 2 aromatic carbocycles. The number of aromatic nitrogens is 2. The average molecular weight is 400 g/mol. The van der Waals surface area contributed by atoms with E-state index in [-0.39, 0.29) is 11.7 Å². The van der Waals surface area contributed by atoms with Gasteiger partial charge in [0.05, 0.1) is 18.6 Å². The highest BCUT2D eigenvalue weighted by Crippen LogP contribution is 2.30. The van der Waals surface area contributed by atoms with Gasteiger partial charge in [0.1, 0.15) is 11.9 Å². The molecular weight excluding hydrogens is 385 g/mol. The van der Waals surface area contributed by atoms with Crippen LogP contribution in [0.1, 0.15) is 22.9 Å². The molecule has 1 unspecified atom stereocenters. The molecule has 0 spiro atoms. The Morgan fingerprint density at radius 3 is 2.76 bits per heavy atom. The fraction of sp³-hybridized carbons (Fsp3) is 0.158. The molecule has 1 amide bonds. The van der Waals surface area contributed by atoms with Gasteiger partial charge in [0.15, 0.2) is 0 Å². The van der Waals surface area contributed by atoms with Crippen LogP contribution < -0.4 is 0 Å². The van der Waals surface area contributed by atoms with Gasteiger partial charge in [-0.05, 0) is 35.4 Å². The summed E-state index contributed by atoms with van der Waals surface area (Å²) in [5.41, 5.74) is 2.78. The van der Waals surface area contributed by atoms with Crippen molar-refractivity contribution in [2.75, 3.05) is 0 Å². The standard InChI is InChI=1S/C19H15BrFN3O/c20-15-3-1-2-14(8-15)18-19(25)23(11-17-9-22-12-24(17)18)10-13-4-6-16(21)7-5-13/h1-9,12,18H,10-11H2. The van der Waals surface area contributed by atoms with Gasteiger partial charge in [0, 0.05) is 17.2 Å². The predicted octanol–water partition coefficient (Wildman–Crippen LogP) is 3.92. The molecule has 6 heteroatoms. The van der Waals surface area contributed by atoms with Crippen LogP contribution >= 0.6 is 15.9 Å². The highest BCUT2D eigenvalue weighted by molar-refractivity contribution is 9.10. The second-order valence-electron chi connectivity index (χ2n) is 6.07. The second kappa shape index (κ2) is 6.44. The molecule has 1 aromatic heterocycles. The molecule has 0 saturated heterocycles. The van der Waals surface area contributed by atoms with Crippen molar-refractivity contribution in [1.82, 2.24) is 14.5 Å². The van der Waals surface area contributed by atoms with Crippen LogP contribution in [0.2, 0.25) is 0 Å². The zero-order chi connectivity index (χ0) is 17.4. The third-order valence-corrected chi connectivity index (χ3v) is 4.87. The molecule has 1 aliphatic rings. The van der Waals surface area contributed by atoms with Gasteiger partial charge in [-0.25, -0.2) is 9.37 Å². The first kappa shape index (κ1) is 16.0. The molecule has 0 radical (unpaired) electrons. The van der Waals surface area contributed by atoms with Gasteiger partial charge in [-0.2, -0.15) is 0 Å². The summed E-state index contributed by atoms with van der Waals surface area (Å²) < 4.78 is 16.0. The Kier molecular flexibility index (Phi) is 4.13. The maximum Gasteiger partial charge on any atom is 0.250 e. The van der Waals surface area contributed by atoms with Crippen LogP contribution in [0.15, 0.2) is 65.5 Å². The van der Waals surface area contributed by atoms with Gasteiger partial charge < -0.3 is 9.47 Å². The number of imidazole rings is 1. The number of benzene rings is 2. The maximum absolute atomic E-state index is 13.2. The first-order valence-corrected chi connectivity index (χ1v) is 8.70. The van der Waals surface area contributed by atoms with Crippen molar-refractivity contribution in [3.8, 4) is 0 Å². The Balaban J connectivity index is 1.70. The average Bonchev–Trinajstić information content (AvgIpc) is 3.05. The van der Waals surface area contributed by atoms with Crippen molar-refractivity contribution in [3.05, 3.63) is 88.2 Å². The Hall–Kier alpha value is -2.47. The molecule has 0 saturated carbocycles. The molecule has 2 heterocycles. The van der Waals surface area contributed by atoms with Gasteiger partial charge in [0.2, 0.25) is 0 Å². The molecular formula is C19H15BrFN3O. The Morgan fingerprint density at radius 1 is 1.20 bits per heavy atom. The summed E-state index contributed by atoms with van der Waals surface area (Å²) in [5, 5.41) is 0. The lowest BCUT2D eigenvalue weighted by Crippen LogP contribution is -2.42. The number of halogens is 2. The van der Waals surface area contributed by atoms with Crippen molar-refractivity contribution >= 4 is 21.8 Å². The first-order valence-electron chi connectivity index (χ1n) is 7.91. The van der Waals surface area contributed by atoms with Crippen molar-refractivity contribution in [3.63, 3.8) is 0 Å². The topological polar surface area (TPSA) is 38.1 Å². The van der Waals surface area contributed by atoms with E-state index in [1.54, 1.807) is 29.6 Å². The van der Waals surface area contributed by atoms with Crippen LogP contribution in [0.3, 0.4) is 0 Å². The van der Waals surface area contributed by atoms with E-state index < -0.39 is 6.04 Å². The van der Waals surface area contributed by atoms with Crippen molar-refractivity contribution < 1.29 is 9.18 Å². The van der Waals surface area contributed by atoms with Crippen LogP contribution in [0.5, 0.6) is 0 Å². The van der Waals surface area contributed by atoms with Gasteiger partial charge in [-0.3, -0.25) is 4.79 Å². The lowest BCUT2D eigenvalue weighted by molar-refractivity contribution is -0.136. The molecule has 0 fully saturated rings. The van der Waals surface area contributed by atoms with Crippen LogP contribution in [0.25, 0.3) is 0 Å². The van der Waals surface area contributed by atoms with E-state index in [9.17, 15) is 9.18 Å². The number of carbonyl (C=O) groups excluding carboxylic acids is 1. The molecule has 0 aliphatic carbocycles. The molecule has 25 heavy (non-hydrogen) atoms. The van der Waals surface area contributed by atoms with E-state index in [4.69, 9.17) is 0 Å². The van der Waals surface area contributed by atoms with Crippen molar-refractivity contribution in [2.45, 2.75) is 19.1 Å². The summed E-state index contributed by atoms with van der Waals surface area (Å²) >= 11 is 3.47. The van der Waals surface area contributed by atoms with Crippen molar-refractivity contribution in [1.29, 1.82) is 0 Å². The van der Waals surface area contributed by atoms with Crippen LogP contribution in [-0.2, 0) is 17.9 Å². The lowest BCUT2D eigenvalue weighted by Gasteiger charge is -2.34. The van der Waals surface area contributed by atoms with Gasteiger partial charge in [-0.15, -0.1) is 0 Å². The normalized spacial score (nSPS) is 16.8. The molecule has 0 bridgehead atoms. The quantitative estimate of drug-likeness (QED) is 0.669. The molecule has 4 rings (SSSR count). The Bertz CT molecular complexity index is 922. The SMILES string of the molecule is O=C1C(c2cccc(Br)c2)n2cncc2CN1Cc1ccc(F)cc1. The number of amides is 1. The number of hydrogen-bond acceptors (Lipinski definition) is 2. The minimum absolute atomic E-state index is 0.00734. The fourth-order valence-electron chi connectivity index (χ4n) is 3.18. The monoisotopic (exact) mass is 399 g/mol. The minimum Gasteiger partial charge on any atom is -0.330 e. The van der Waals surface area contributed by atoms with Gasteiger partial charge in [0.25, 0.3) is 5.91 Å². The van der Waals surface area contributed by atoms with Crippen molar-refractivity contribution in [2.24, 2.45) is 0 Å². The summed E-state index contributed by atoms with van der Waals surface area (Å²) in [6.45, 7) is 0.926. The van der Waals surface area contributed by atoms with Crippen LogP contribution in [0.4, 0.5) is 4.39 Å². The van der Waals surface area contributed by atoms with E-state index in [2.05, 4.69) is 20.9 Å². The fourth-order valence-corrected chi connectivity index (χ4v) is 3.59. The van der Waals surface area contributed by atoms with E-state index in [0.29, 0.717) is 13.1 Å². The minimum atomic E-state index is -0.441. The highest BCUT2D eigenvalue weighted by atomic mass is 79.9. The van der Waals surface area contributed by atoms with Gasteiger partial charge >= 0.3 is 0 Å². The molecule has 4 nitrogen and oxygen atoms in total. The number of rotatable bonds is 3. The lowest BCUT2D eigenvalue weighted by atomic mass is 10.0. The number of hydrogen-bond donors (Lipinski definition) is 0. The highest BCUT2D eigenvalue weighted by Gasteiger charge is 2.34. The Morgan fingerprint density at radius 2 is 2.00 bits per heavy atom. The van der Waals surface area contributed by atoms with E-state index in [1.165, 1.54) is 12.1 Å². The summed E-state index contributed by atoms with van der Waals surface area (Å²) in [7, 11) is 0. The molecule has 0 N–H and O–H groups in total. The molecule has 1 aliphatic heterocycles. The third kappa shape index (κ3) is 3.09. The predicted molar refractivity (Wildman–Crippen MR) is 95.2 cm³/mol. The first-order chi connectivity index (χ1) is 12.1. The summed E-state index contributed by atoms with van der Waals surface area (Å²) in [6, 6.07) is 13.6. The summed E-state index contributed by atoms with van der Waals surface area (Å²) in [6.07, 6.45) is 3.49. The smallest absolute Gasteiger partial charge is 0.250 e. The van der Waals surface area contributed by atoms with Crippen LogP contribution in [-0.4, -0.2) is 20.4 Å². The largest absolute Gasteiger partial charge is 0.330 e. The maximum atomic E-state index is 13.2. The van der Waals surface area contributed by atoms with E-state index >= 15 is 0 Å². The molecule has 3 aromatic rings.